The van der Waals surface area contributed by atoms with Gasteiger partial charge in [-0.25, -0.2) is 0 Å². The topological polar surface area (TPSA) is 83.9 Å². The van der Waals surface area contributed by atoms with Crippen molar-refractivity contribution in [2.75, 3.05) is 27.1 Å². The lowest BCUT2D eigenvalue weighted by atomic mass is 10.1. The van der Waals surface area contributed by atoms with Gasteiger partial charge in [-0.05, 0) is 30.7 Å². The van der Waals surface area contributed by atoms with Gasteiger partial charge in [-0.2, -0.15) is 0 Å². The number of rotatable bonds is 4. The molecule has 3 rings (SSSR count). The van der Waals surface area contributed by atoms with Gasteiger partial charge in [0.05, 0.1) is 27.0 Å². The van der Waals surface area contributed by atoms with E-state index in [1.807, 2.05) is 35.7 Å². The van der Waals surface area contributed by atoms with Crippen LogP contribution in [-0.4, -0.2) is 35.9 Å². The molecule has 0 bridgehead atoms. The molecule has 0 spiro atoms. The van der Waals surface area contributed by atoms with Crippen LogP contribution >= 0.6 is 0 Å². The fraction of sp³-hybridized carbons (Fsp3) is 0.250. The molecule has 0 saturated carbocycles. The smallest absolute Gasteiger partial charge is 0.203 e. The number of ether oxygens (including phenoxy) is 3. The molecule has 0 fully saturated rings. The lowest BCUT2D eigenvalue weighted by Gasteiger charge is -2.13. The van der Waals surface area contributed by atoms with Crippen LogP contribution in [0, 0.1) is 6.92 Å². The number of pyridine rings is 1. The lowest BCUT2D eigenvalue weighted by Crippen LogP contribution is -1.98. The van der Waals surface area contributed by atoms with Crippen molar-refractivity contribution in [1.82, 2.24) is 14.6 Å². The van der Waals surface area contributed by atoms with Gasteiger partial charge in [0.25, 0.3) is 0 Å². The van der Waals surface area contributed by atoms with Crippen LogP contribution in [0.3, 0.4) is 0 Å². The molecule has 3 aromatic rings. The van der Waals surface area contributed by atoms with E-state index < -0.39 is 0 Å². The van der Waals surface area contributed by atoms with E-state index in [0.29, 0.717) is 34.4 Å². The van der Waals surface area contributed by atoms with Crippen molar-refractivity contribution in [3.05, 3.63) is 30.0 Å². The fourth-order valence-electron chi connectivity index (χ4n) is 2.57. The first-order chi connectivity index (χ1) is 11.1. The maximum absolute atomic E-state index is 6.01. The van der Waals surface area contributed by atoms with Crippen LogP contribution < -0.4 is 19.9 Å². The number of fused-ring (bicyclic) bond motifs is 1. The van der Waals surface area contributed by atoms with E-state index in [1.165, 1.54) is 0 Å². The van der Waals surface area contributed by atoms with Crippen LogP contribution in [0.15, 0.2) is 24.4 Å². The van der Waals surface area contributed by atoms with Gasteiger partial charge < -0.3 is 19.9 Å². The summed E-state index contributed by atoms with van der Waals surface area (Å²) in [5, 5.41) is 8.42. The number of aryl methyl sites for hydroxylation is 1. The molecule has 1 aromatic carbocycles. The van der Waals surface area contributed by atoms with Crippen LogP contribution in [0.1, 0.15) is 5.56 Å². The van der Waals surface area contributed by atoms with Gasteiger partial charge in [0.1, 0.15) is 0 Å². The molecule has 0 aliphatic rings. The number of nitrogens with two attached hydrogens (primary N) is 1. The zero-order valence-corrected chi connectivity index (χ0v) is 13.5. The Morgan fingerprint density at radius 1 is 0.957 bits per heavy atom. The van der Waals surface area contributed by atoms with Crippen molar-refractivity contribution in [2.45, 2.75) is 6.92 Å². The van der Waals surface area contributed by atoms with Gasteiger partial charge in [-0.15, -0.1) is 10.2 Å². The van der Waals surface area contributed by atoms with Crippen molar-refractivity contribution >= 4 is 11.3 Å². The molecule has 0 saturated heterocycles. The molecule has 23 heavy (non-hydrogen) atoms. The number of nitrogens with zero attached hydrogens (tertiary/aromatic N) is 3. The van der Waals surface area contributed by atoms with E-state index in [-0.39, 0.29) is 0 Å². The second-order valence-corrected chi connectivity index (χ2v) is 5.10. The van der Waals surface area contributed by atoms with Crippen LogP contribution in [0.5, 0.6) is 17.2 Å². The number of aromatic nitrogens is 3. The number of nitrogen functional groups attached to an aromatic ring is 1. The Hall–Kier alpha value is -2.96. The summed E-state index contributed by atoms with van der Waals surface area (Å²) in [5.74, 6) is 2.29. The molecule has 0 aliphatic heterocycles. The van der Waals surface area contributed by atoms with Gasteiger partial charge in [0.2, 0.25) is 5.75 Å². The molecular formula is C16H18N4O3. The first-order valence-corrected chi connectivity index (χ1v) is 7.00. The lowest BCUT2D eigenvalue weighted by molar-refractivity contribution is 0.324. The van der Waals surface area contributed by atoms with Gasteiger partial charge >= 0.3 is 0 Å². The molecule has 0 radical (unpaired) electrons. The Labute approximate surface area is 133 Å². The van der Waals surface area contributed by atoms with Gasteiger partial charge in [-0.1, -0.05) is 0 Å². The van der Waals surface area contributed by atoms with Crippen molar-refractivity contribution in [2.24, 2.45) is 0 Å². The highest BCUT2D eigenvalue weighted by atomic mass is 16.5. The standard InChI is InChI=1S/C16H18N4O3/c1-9-5-11(17)16-19-18-15(20(16)8-9)10-6-12(21-2)14(23-4)13(7-10)22-3/h5-8H,17H2,1-4H3. The van der Waals surface area contributed by atoms with E-state index in [9.17, 15) is 0 Å². The average molecular weight is 314 g/mol. The summed E-state index contributed by atoms with van der Waals surface area (Å²) in [7, 11) is 4.72. The summed E-state index contributed by atoms with van der Waals surface area (Å²) in [6.07, 6.45) is 1.93. The number of benzene rings is 1. The maximum atomic E-state index is 6.01. The minimum atomic E-state index is 0.531. The average Bonchev–Trinajstić information content (AvgIpc) is 2.97. The zero-order valence-electron chi connectivity index (χ0n) is 13.5. The summed E-state index contributed by atoms with van der Waals surface area (Å²) < 4.78 is 18.0. The summed E-state index contributed by atoms with van der Waals surface area (Å²) in [5.41, 5.74) is 9.01. The Kier molecular flexibility index (Phi) is 3.69. The van der Waals surface area contributed by atoms with Gasteiger partial charge in [0.15, 0.2) is 23.0 Å². The molecule has 7 nitrogen and oxygen atoms in total. The van der Waals surface area contributed by atoms with E-state index in [4.69, 9.17) is 19.9 Å². The summed E-state index contributed by atoms with van der Waals surface area (Å²) in [6.45, 7) is 1.97. The number of hydrogen-bond donors (Lipinski definition) is 1. The summed E-state index contributed by atoms with van der Waals surface area (Å²) >= 11 is 0. The highest BCUT2D eigenvalue weighted by Crippen LogP contribution is 2.41. The fourth-order valence-corrected chi connectivity index (χ4v) is 2.57. The number of hydrogen-bond acceptors (Lipinski definition) is 6. The van der Waals surface area contributed by atoms with Crippen molar-refractivity contribution in [1.29, 1.82) is 0 Å². The van der Waals surface area contributed by atoms with Crippen molar-refractivity contribution in [3.8, 4) is 28.6 Å². The first kappa shape index (κ1) is 15.0. The third kappa shape index (κ3) is 2.40. The molecule has 0 amide bonds. The molecule has 2 N–H and O–H groups in total. The van der Waals surface area contributed by atoms with Crippen LogP contribution in [-0.2, 0) is 0 Å². The zero-order chi connectivity index (χ0) is 16.6. The van der Waals surface area contributed by atoms with E-state index in [0.717, 1.165) is 11.1 Å². The monoisotopic (exact) mass is 314 g/mol. The number of anilines is 1. The second-order valence-electron chi connectivity index (χ2n) is 5.10. The molecule has 2 heterocycles. The summed E-state index contributed by atoms with van der Waals surface area (Å²) in [6, 6.07) is 5.52. The third-order valence-electron chi connectivity index (χ3n) is 3.59. The van der Waals surface area contributed by atoms with Crippen molar-refractivity contribution in [3.63, 3.8) is 0 Å². The van der Waals surface area contributed by atoms with Gasteiger partial charge in [0, 0.05) is 11.8 Å². The quantitative estimate of drug-likeness (QED) is 0.795. The van der Waals surface area contributed by atoms with Gasteiger partial charge in [-0.3, -0.25) is 4.40 Å². The SMILES string of the molecule is COc1cc(-c2nnc3c(N)cc(C)cn23)cc(OC)c1OC. The molecular weight excluding hydrogens is 296 g/mol. The Morgan fingerprint density at radius 2 is 1.61 bits per heavy atom. The van der Waals surface area contributed by atoms with E-state index in [1.54, 1.807) is 21.3 Å². The summed E-state index contributed by atoms with van der Waals surface area (Å²) in [4.78, 5) is 0. The normalized spacial score (nSPS) is 10.8. The van der Waals surface area contributed by atoms with E-state index in [2.05, 4.69) is 10.2 Å². The largest absolute Gasteiger partial charge is 0.493 e. The van der Waals surface area contributed by atoms with Crippen LogP contribution in [0.2, 0.25) is 0 Å². The number of methoxy groups -OCH3 is 3. The molecule has 120 valence electrons. The Morgan fingerprint density at radius 3 is 2.17 bits per heavy atom. The highest BCUT2D eigenvalue weighted by Gasteiger charge is 2.18. The molecule has 2 aromatic heterocycles. The van der Waals surface area contributed by atoms with Crippen LogP contribution in [0.4, 0.5) is 5.69 Å². The second kappa shape index (κ2) is 5.68. The van der Waals surface area contributed by atoms with E-state index >= 15 is 0 Å². The predicted octanol–water partition coefficient (Wildman–Crippen LogP) is 2.31. The first-order valence-electron chi connectivity index (χ1n) is 7.00. The molecule has 0 atom stereocenters. The minimum absolute atomic E-state index is 0.531. The molecule has 7 heteroatoms. The predicted molar refractivity (Wildman–Crippen MR) is 87.2 cm³/mol. The maximum Gasteiger partial charge on any atom is 0.203 e. The molecule has 0 aliphatic carbocycles. The Balaban J connectivity index is 2.27. The Bertz CT molecular complexity index is 848. The van der Waals surface area contributed by atoms with Crippen molar-refractivity contribution < 1.29 is 14.2 Å². The van der Waals surface area contributed by atoms with Crippen LogP contribution in [0.25, 0.3) is 17.0 Å². The molecule has 0 unspecified atom stereocenters. The highest BCUT2D eigenvalue weighted by molar-refractivity contribution is 5.72. The third-order valence-corrected chi connectivity index (χ3v) is 3.59. The minimum Gasteiger partial charge on any atom is -0.493 e.